The quantitative estimate of drug-likeness (QED) is 0.248. The number of methoxy groups -OCH3 is 1. The number of benzene rings is 1. The predicted molar refractivity (Wildman–Crippen MR) is 167 cm³/mol. The number of hydrogen-bond acceptors (Lipinski definition) is 5. The molecule has 3 aliphatic rings. The van der Waals surface area contributed by atoms with E-state index < -0.39 is 0 Å². The second-order valence-electron chi connectivity index (χ2n) is 12.6. The number of amides is 1. The first-order valence-corrected chi connectivity index (χ1v) is 15.6. The number of carbonyl (C=O) groups excluding carboxylic acids is 1. The summed E-state index contributed by atoms with van der Waals surface area (Å²) in [5.74, 6) is 1.95. The minimum Gasteiger partial charge on any atom is -0.497 e. The number of rotatable bonds is 10. The van der Waals surface area contributed by atoms with E-state index in [0.29, 0.717) is 43.9 Å². The lowest BCUT2D eigenvalue weighted by atomic mass is 9.78. The first kappa shape index (κ1) is 30.3. The molecule has 1 aromatic carbocycles. The zero-order valence-electron chi connectivity index (χ0n) is 25.5. The molecular weight excluding hydrogens is 526 g/mol. The Balaban J connectivity index is 1.29. The number of carbonyl (C=O) groups is 1. The van der Waals surface area contributed by atoms with Crippen LogP contribution in [0.5, 0.6) is 0 Å². The maximum atomic E-state index is 14.0. The molecule has 2 aliphatic carbocycles. The minimum absolute atomic E-state index is 0.0373. The molecule has 2 saturated carbocycles. The highest BCUT2D eigenvalue weighted by Crippen LogP contribution is 2.36. The van der Waals surface area contributed by atoms with Gasteiger partial charge in [0, 0.05) is 29.9 Å². The van der Waals surface area contributed by atoms with Gasteiger partial charge in [0.25, 0.3) is 0 Å². The fourth-order valence-electron chi connectivity index (χ4n) is 6.51. The third kappa shape index (κ3) is 7.24. The largest absolute Gasteiger partial charge is 0.497 e. The van der Waals surface area contributed by atoms with Crippen LogP contribution >= 0.6 is 0 Å². The first-order chi connectivity index (χ1) is 20.3. The second kappa shape index (κ2) is 13.9. The molecule has 5 rings (SSSR count). The number of aliphatic hydroxyl groups excluding tert-OH is 1. The Kier molecular flexibility index (Phi) is 10.0. The van der Waals surface area contributed by atoms with E-state index in [1.54, 1.807) is 7.11 Å². The highest BCUT2D eigenvalue weighted by molar-refractivity contribution is 5.95. The molecule has 7 heteroatoms. The number of aromatic nitrogens is 2. The summed E-state index contributed by atoms with van der Waals surface area (Å²) < 4.78 is 12.8. The van der Waals surface area contributed by atoms with Gasteiger partial charge in [-0.1, -0.05) is 30.4 Å². The summed E-state index contributed by atoms with van der Waals surface area (Å²) in [4.78, 5) is 16.1. The Hall–Kier alpha value is -3.16. The van der Waals surface area contributed by atoms with Crippen molar-refractivity contribution in [1.82, 2.24) is 9.78 Å². The maximum Gasteiger partial charge on any atom is 0.230 e. The molecule has 226 valence electrons. The van der Waals surface area contributed by atoms with Crippen molar-refractivity contribution < 1.29 is 19.4 Å². The van der Waals surface area contributed by atoms with E-state index in [9.17, 15) is 9.90 Å². The lowest BCUT2D eigenvalue weighted by Gasteiger charge is -2.36. The monoisotopic (exact) mass is 573 g/mol. The molecule has 0 radical (unpaired) electrons. The van der Waals surface area contributed by atoms with Gasteiger partial charge in [-0.2, -0.15) is 5.10 Å². The molecule has 42 heavy (non-hydrogen) atoms. The summed E-state index contributed by atoms with van der Waals surface area (Å²) in [6.07, 6.45) is 15.0. The van der Waals surface area contributed by atoms with Gasteiger partial charge in [-0.3, -0.25) is 9.48 Å². The van der Waals surface area contributed by atoms with Gasteiger partial charge in [-0.05, 0) is 106 Å². The van der Waals surface area contributed by atoms with Crippen molar-refractivity contribution in [1.29, 1.82) is 0 Å². The predicted octanol–water partition coefficient (Wildman–Crippen LogP) is 6.86. The van der Waals surface area contributed by atoms with E-state index in [2.05, 4.69) is 47.0 Å². The van der Waals surface area contributed by atoms with E-state index in [1.165, 1.54) is 0 Å². The van der Waals surface area contributed by atoms with Gasteiger partial charge in [0.1, 0.15) is 5.76 Å². The minimum atomic E-state index is -0.280. The molecule has 0 atom stereocenters. The molecule has 7 nitrogen and oxygen atoms in total. The van der Waals surface area contributed by atoms with Crippen LogP contribution < -0.4 is 4.90 Å². The zero-order chi connectivity index (χ0) is 29.6. The smallest absolute Gasteiger partial charge is 0.230 e. The number of aliphatic hydroxyl groups is 1. The Morgan fingerprint density at radius 1 is 1.07 bits per heavy atom. The zero-order valence-corrected chi connectivity index (χ0v) is 25.5. The summed E-state index contributed by atoms with van der Waals surface area (Å²) in [5, 5.41) is 14.6. The van der Waals surface area contributed by atoms with Gasteiger partial charge >= 0.3 is 0 Å². The number of anilines is 1. The third-order valence-electron chi connectivity index (χ3n) is 9.37. The van der Waals surface area contributed by atoms with Crippen molar-refractivity contribution in [2.75, 3.05) is 31.8 Å². The van der Waals surface area contributed by atoms with Crippen LogP contribution in [-0.4, -0.2) is 53.8 Å². The average molecular weight is 574 g/mol. The fraction of sp³-hybridized carbons (Fsp3) is 0.543. The summed E-state index contributed by atoms with van der Waals surface area (Å²) in [5.41, 5.74) is 5.36. The third-order valence-corrected chi connectivity index (χ3v) is 9.37. The normalized spacial score (nSPS) is 24.7. The van der Waals surface area contributed by atoms with E-state index in [-0.39, 0.29) is 17.9 Å². The lowest BCUT2D eigenvalue weighted by molar-refractivity contribution is -0.124. The van der Waals surface area contributed by atoms with Crippen LogP contribution in [0.2, 0.25) is 0 Å². The maximum absolute atomic E-state index is 14.0. The van der Waals surface area contributed by atoms with Crippen molar-refractivity contribution in [2.45, 2.75) is 77.4 Å². The van der Waals surface area contributed by atoms with Crippen molar-refractivity contribution in [2.24, 2.45) is 17.8 Å². The molecule has 0 unspecified atom stereocenters. The summed E-state index contributed by atoms with van der Waals surface area (Å²) in [6.45, 7) is 10.6. The Bertz CT molecular complexity index is 1290. The van der Waals surface area contributed by atoms with E-state index in [0.717, 1.165) is 78.8 Å². The first-order valence-electron chi connectivity index (χ1n) is 15.6. The molecule has 1 aliphatic heterocycles. The molecule has 0 spiro atoms. The average Bonchev–Trinajstić information content (AvgIpc) is 3.45. The number of nitrogens with zero attached hydrogens (tertiary/aromatic N) is 3. The standard InChI is InChI=1S/C35H47N3O4/c1-24(2)34(41-4)17-8-25(3)27-11-9-26(10-12-27)20-37(35(40)28-13-15-33(39)16-14-28)31-7-5-6-29(18-31)30-19-36-38(21-30)32-22-42-23-32/h5-8,17-19,21,26-28,32-33,39H,3,9-16,20,22-23H2,1-2,4H3/b17-8-/t26-,27-,28-,33-. The van der Waals surface area contributed by atoms with Crippen LogP contribution in [0.3, 0.4) is 0 Å². The van der Waals surface area contributed by atoms with Crippen molar-refractivity contribution in [3.8, 4) is 11.1 Å². The van der Waals surface area contributed by atoms with E-state index in [4.69, 9.17) is 9.47 Å². The Morgan fingerprint density at radius 2 is 1.79 bits per heavy atom. The molecular formula is C35H47N3O4. The topological polar surface area (TPSA) is 76.8 Å². The number of ether oxygens (including phenoxy) is 2. The van der Waals surface area contributed by atoms with Crippen LogP contribution in [0.25, 0.3) is 11.1 Å². The van der Waals surface area contributed by atoms with Gasteiger partial charge in [0.05, 0.1) is 38.7 Å². The van der Waals surface area contributed by atoms with Gasteiger partial charge in [0.2, 0.25) is 5.91 Å². The molecule has 1 saturated heterocycles. The Labute approximate surface area is 250 Å². The van der Waals surface area contributed by atoms with Gasteiger partial charge in [0.15, 0.2) is 0 Å². The number of hydrogen-bond donors (Lipinski definition) is 1. The van der Waals surface area contributed by atoms with Crippen LogP contribution in [-0.2, 0) is 14.3 Å². The van der Waals surface area contributed by atoms with Crippen LogP contribution in [0.1, 0.15) is 71.3 Å². The van der Waals surface area contributed by atoms with Crippen molar-refractivity contribution in [3.63, 3.8) is 0 Å². The summed E-state index contributed by atoms with van der Waals surface area (Å²) >= 11 is 0. The van der Waals surface area contributed by atoms with Crippen molar-refractivity contribution in [3.05, 3.63) is 72.3 Å². The molecule has 1 aromatic heterocycles. The molecule has 1 N–H and O–H groups in total. The molecule has 2 aromatic rings. The lowest BCUT2D eigenvalue weighted by Crippen LogP contribution is -2.42. The molecule has 3 fully saturated rings. The molecule has 0 bridgehead atoms. The number of allylic oxidation sites excluding steroid dienone is 4. The fourth-order valence-corrected chi connectivity index (χ4v) is 6.51. The molecule has 1 amide bonds. The SMILES string of the molecule is C=C(/C=C\C(OC)=C(C)C)[C@H]1CC[C@H](CN(c2cccc(-c3cnn(C4COC4)c3)c2)C(=O)[C@H]2CC[C@H](O)CC2)CC1. The summed E-state index contributed by atoms with van der Waals surface area (Å²) in [7, 11) is 1.70. The Morgan fingerprint density at radius 3 is 2.43 bits per heavy atom. The highest BCUT2D eigenvalue weighted by Gasteiger charge is 2.32. The van der Waals surface area contributed by atoms with Crippen LogP contribution in [0.15, 0.2) is 72.3 Å². The molecule has 2 heterocycles. The van der Waals surface area contributed by atoms with Crippen LogP contribution in [0, 0.1) is 17.8 Å². The summed E-state index contributed by atoms with van der Waals surface area (Å²) in [6, 6.07) is 8.66. The van der Waals surface area contributed by atoms with E-state index >= 15 is 0 Å². The van der Waals surface area contributed by atoms with E-state index in [1.807, 2.05) is 36.9 Å². The van der Waals surface area contributed by atoms with Gasteiger partial charge in [-0.25, -0.2) is 0 Å². The highest BCUT2D eigenvalue weighted by atomic mass is 16.5. The second-order valence-corrected chi connectivity index (χ2v) is 12.6. The van der Waals surface area contributed by atoms with Crippen LogP contribution in [0.4, 0.5) is 5.69 Å². The van der Waals surface area contributed by atoms with Gasteiger partial charge in [-0.15, -0.1) is 0 Å². The van der Waals surface area contributed by atoms with Gasteiger partial charge < -0.3 is 19.5 Å². The van der Waals surface area contributed by atoms with Crippen molar-refractivity contribution >= 4 is 11.6 Å².